The molecule has 128 valence electrons. The van der Waals surface area contributed by atoms with Crippen LogP contribution in [0.2, 0.25) is 0 Å². The molecular weight excluding hydrogens is 316 g/mol. The summed E-state index contributed by atoms with van der Waals surface area (Å²) in [6, 6.07) is 14.5. The Morgan fingerprint density at radius 1 is 1.20 bits per heavy atom. The summed E-state index contributed by atoms with van der Waals surface area (Å²) < 4.78 is 1.73. The number of benzene rings is 1. The largest absolute Gasteiger partial charge is 0.391 e. The molecule has 2 heterocycles. The molecule has 3 rings (SSSR count). The number of aliphatic hydroxyl groups is 1. The Bertz CT molecular complexity index is 818. The number of carbonyl (C=O) groups is 1. The van der Waals surface area contributed by atoms with E-state index in [9.17, 15) is 9.90 Å². The van der Waals surface area contributed by atoms with Crippen molar-refractivity contribution in [3.63, 3.8) is 0 Å². The molecule has 0 aliphatic carbocycles. The zero-order valence-electron chi connectivity index (χ0n) is 13.9. The Morgan fingerprint density at radius 3 is 2.72 bits per heavy atom. The molecule has 1 amide bonds. The van der Waals surface area contributed by atoms with Crippen LogP contribution in [0.25, 0.3) is 5.82 Å². The first kappa shape index (κ1) is 16.9. The molecule has 2 N–H and O–H groups in total. The molecule has 0 radical (unpaired) electrons. The van der Waals surface area contributed by atoms with Crippen LogP contribution in [0.15, 0.2) is 67.3 Å². The van der Waals surface area contributed by atoms with E-state index in [1.807, 2.05) is 30.3 Å². The Kier molecular flexibility index (Phi) is 5.20. The average Bonchev–Trinajstić information content (AvgIpc) is 3.17. The first-order chi connectivity index (χ1) is 12.1. The minimum Gasteiger partial charge on any atom is -0.391 e. The monoisotopic (exact) mass is 336 g/mol. The fourth-order valence-corrected chi connectivity index (χ4v) is 2.50. The molecule has 0 aliphatic rings. The summed E-state index contributed by atoms with van der Waals surface area (Å²) in [5.41, 5.74) is 1.32. The molecule has 0 bridgehead atoms. The van der Waals surface area contributed by atoms with Crippen LogP contribution in [0.1, 0.15) is 23.0 Å². The molecule has 6 heteroatoms. The van der Waals surface area contributed by atoms with E-state index in [0.717, 1.165) is 5.56 Å². The van der Waals surface area contributed by atoms with E-state index in [1.165, 1.54) is 0 Å². The van der Waals surface area contributed by atoms with Crippen molar-refractivity contribution in [3.05, 3.63) is 78.5 Å². The van der Waals surface area contributed by atoms with E-state index in [1.54, 1.807) is 48.4 Å². The Labute approximate surface area is 146 Å². The number of aromatic nitrogens is 3. The summed E-state index contributed by atoms with van der Waals surface area (Å²) in [6.45, 7) is 1.78. The van der Waals surface area contributed by atoms with Gasteiger partial charge in [-0.2, -0.15) is 0 Å². The van der Waals surface area contributed by atoms with E-state index in [-0.39, 0.29) is 5.91 Å². The summed E-state index contributed by atoms with van der Waals surface area (Å²) in [7, 11) is 0. The predicted octanol–water partition coefficient (Wildman–Crippen LogP) is 1.99. The third-order valence-electron chi connectivity index (χ3n) is 3.96. The molecule has 0 saturated carbocycles. The van der Waals surface area contributed by atoms with Gasteiger partial charge in [-0.3, -0.25) is 9.36 Å². The summed E-state index contributed by atoms with van der Waals surface area (Å²) in [5, 5.41) is 13.1. The molecule has 6 nitrogen and oxygen atoms in total. The highest BCUT2D eigenvalue weighted by Gasteiger charge is 2.18. The van der Waals surface area contributed by atoms with Crippen molar-refractivity contribution >= 4 is 5.91 Å². The van der Waals surface area contributed by atoms with Crippen molar-refractivity contribution in [1.82, 2.24) is 19.9 Å². The topological polar surface area (TPSA) is 80.0 Å². The van der Waals surface area contributed by atoms with Crippen LogP contribution in [-0.2, 0) is 6.42 Å². The number of nitrogens with zero attached hydrogens (tertiary/aromatic N) is 3. The Hall–Kier alpha value is -2.99. The highest BCUT2D eigenvalue weighted by atomic mass is 16.3. The Balaban J connectivity index is 1.64. The fraction of sp³-hybridized carbons (Fsp3) is 0.211. The lowest BCUT2D eigenvalue weighted by Gasteiger charge is -2.20. The predicted molar refractivity (Wildman–Crippen MR) is 94.4 cm³/mol. The van der Waals surface area contributed by atoms with Gasteiger partial charge in [0.05, 0.1) is 12.1 Å². The SMILES string of the molecule is CC(NC(=O)c1cccc(-n2ccnc2)n1)C(O)Cc1ccccc1. The van der Waals surface area contributed by atoms with E-state index in [4.69, 9.17) is 0 Å². The van der Waals surface area contributed by atoms with Crippen molar-refractivity contribution in [2.75, 3.05) is 0 Å². The molecular formula is C19H20N4O2. The maximum absolute atomic E-state index is 12.4. The van der Waals surface area contributed by atoms with Crippen LogP contribution >= 0.6 is 0 Å². The van der Waals surface area contributed by atoms with Crippen LogP contribution in [0.4, 0.5) is 0 Å². The summed E-state index contributed by atoms with van der Waals surface area (Å²) in [5.74, 6) is 0.296. The van der Waals surface area contributed by atoms with Gasteiger partial charge in [-0.25, -0.2) is 9.97 Å². The van der Waals surface area contributed by atoms with Crippen LogP contribution in [-0.4, -0.2) is 37.7 Å². The third kappa shape index (κ3) is 4.30. The van der Waals surface area contributed by atoms with Crippen molar-refractivity contribution in [3.8, 4) is 5.82 Å². The zero-order chi connectivity index (χ0) is 17.6. The second-order valence-electron chi connectivity index (χ2n) is 5.87. The van der Waals surface area contributed by atoms with Gasteiger partial charge in [0.1, 0.15) is 17.8 Å². The Morgan fingerprint density at radius 2 is 2.00 bits per heavy atom. The molecule has 1 aromatic carbocycles. The average molecular weight is 336 g/mol. The molecule has 25 heavy (non-hydrogen) atoms. The van der Waals surface area contributed by atoms with Gasteiger partial charge in [-0.1, -0.05) is 36.4 Å². The number of rotatable bonds is 6. The number of imidazole rings is 1. The fourth-order valence-electron chi connectivity index (χ4n) is 2.50. The molecule has 3 aromatic rings. The van der Waals surface area contributed by atoms with Gasteiger partial charge in [0.2, 0.25) is 0 Å². The maximum atomic E-state index is 12.4. The standard InChI is InChI=1S/C19H20N4O2/c1-14(17(24)12-15-6-3-2-4-7-15)21-19(25)16-8-5-9-18(22-16)23-11-10-20-13-23/h2-11,13-14,17,24H,12H2,1H3,(H,21,25). The number of amides is 1. The van der Waals surface area contributed by atoms with Gasteiger partial charge in [0.15, 0.2) is 0 Å². The molecule has 0 spiro atoms. The minimum absolute atomic E-state index is 0.296. The van der Waals surface area contributed by atoms with Gasteiger partial charge in [-0.05, 0) is 24.6 Å². The van der Waals surface area contributed by atoms with Crippen LogP contribution in [0, 0.1) is 0 Å². The molecule has 2 unspecified atom stereocenters. The zero-order valence-corrected chi connectivity index (χ0v) is 13.9. The third-order valence-corrected chi connectivity index (χ3v) is 3.96. The van der Waals surface area contributed by atoms with Gasteiger partial charge >= 0.3 is 0 Å². The second-order valence-corrected chi connectivity index (χ2v) is 5.87. The number of hydrogen-bond donors (Lipinski definition) is 2. The second kappa shape index (κ2) is 7.72. The first-order valence-electron chi connectivity index (χ1n) is 8.12. The number of aliphatic hydroxyl groups excluding tert-OH is 1. The molecule has 2 atom stereocenters. The lowest BCUT2D eigenvalue weighted by Crippen LogP contribution is -2.42. The van der Waals surface area contributed by atoms with Crippen LogP contribution in [0.5, 0.6) is 0 Å². The summed E-state index contributed by atoms with van der Waals surface area (Å²) >= 11 is 0. The van der Waals surface area contributed by atoms with Gasteiger partial charge in [0, 0.05) is 18.8 Å². The van der Waals surface area contributed by atoms with Crippen molar-refractivity contribution in [1.29, 1.82) is 0 Å². The molecule has 0 aliphatic heterocycles. The normalized spacial score (nSPS) is 13.2. The van der Waals surface area contributed by atoms with Gasteiger partial charge in [0.25, 0.3) is 5.91 Å². The number of hydrogen-bond acceptors (Lipinski definition) is 4. The quantitative estimate of drug-likeness (QED) is 0.721. The number of pyridine rings is 1. The molecule has 0 fully saturated rings. The first-order valence-corrected chi connectivity index (χ1v) is 8.12. The van der Waals surface area contributed by atoms with Crippen molar-refractivity contribution in [2.45, 2.75) is 25.5 Å². The van der Waals surface area contributed by atoms with Crippen LogP contribution < -0.4 is 5.32 Å². The number of carbonyl (C=O) groups excluding carboxylic acids is 1. The lowest BCUT2D eigenvalue weighted by atomic mass is 10.0. The lowest BCUT2D eigenvalue weighted by molar-refractivity contribution is 0.0847. The van der Waals surface area contributed by atoms with Crippen LogP contribution in [0.3, 0.4) is 0 Å². The highest BCUT2D eigenvalue weighted by molar-refractivity contribution is 5.92. The molecule has 0 saturated heterocycles. The smallest absolute Gasteiger partial charge is 0.270 e. The summed E-state index contributed by atoms with van der Waals surface area (Å²) in [4.78, 5) is 20.7. The minimum atomic E-state index is -0.678. The molecule has 2 aromatic heterocycles. The van der Waals surface area contributed by atoms with Gasteiger partial charge in [-0.15, -0.1) is 0 Å². The highest BCUT2D eigenvalue weighted by Crippen LogP contribution is 2.08. The van der Waals surface area contributed by atoms with E-state index < -0.39 is 12.1 Å². The van der Waals surface area contributed by atoms with E-state index >= 15 is 0 Å². The van der Waals surface area contributed by atoms with E-state index in [0.29, 0.717) is 17.9 Å². The van der Waals surface area contributed by atoms with Crippen molar-refractivity contribution < 1.29 is 9.90 Å². The number of nitrogens with one attached hydrogen (secondary N) is 1. The maximum Gasteiger partial charge on any atom is 0.270 e. The summed E-state index contributed by atoms with van der Waals surface area (Å²) in [6.07, 6.45) is 4.83. The van der Waals surface area contributed by atoms with E-state index in [2.05, 4.69) is 15.3 Å². The van der Waals surface area contributed by atoms with Crippen molar-refractivity contribution in [2.24, 2.45) is 0 Å². The van der Waals surface area contributed by atoms with Gasteiger partial charge < -0.3 is 10.4 Å².